The van der Waals surface area contributed by atoms with Crippen LogP contribution in [0.3, 0.4) is 0 Å². The van der Waals surface area contributed by atoms with Crippen LogP contribution in [-0.2, 0) is 17.7 Å². The Morgan fingerprint density at radius 2 is 2.17 bits per heavy atom. The van der Waals surface area contributed by atoms with E-state index >= 15 is 0 Å². The molecule has 5 nitrogen and oxygen atoms in total. The number of ether oxygens (including phenoxy) is 1. The lowest BCUT2D eigenvalue weighted by atomic mass is 9.83. The van der Waals surface area contributed by atoms with Gasteiger partial charge in [0.15, 0.2) is 11.6 Å². The Morgan fingerprint density at radius 1 is 1.33 bits per heavy atom. The van der Waals surface area contributed by atoms with Gasteiger partial charge in [0.05, 0.1) is 30.1 Å². The minimum Gasteiger partial charge on any atom is -0.383 e. The fourth-order valence-corrected chi connectivity index (χ4v) is 5.56. The summed E-state index contributed by atoms with van der Waals surface area (Å²) in [5.74, 6) is -1.65. The van der Waals surface area contributed by atoms with Gasteiger partial charge in [0.2, 0.25) is 0 Å². The molecule has 6 rings (SSSR count). The molecule has 3 aliphatic heterocycles. The maximum absolute atomic E-state index is 14.5. The average Bonchev–Trinajstić information content (AvgIpc) is 3.09. The third-order valence-electron chi connectivity index (χ3n) is 7.16. The maximum Gasteiger partial charge on any atom is 0.162 e. The Kier molecular flexibility index (Phi) is 3.74. The number of rotatable bonds is 1. The molecular weight excluding hydrogens is 388 g/mol. The molecule has 3 N–H and O–H groups in total. The zero-order valence-electron chi connectivity index (χ0n) is 16.8. The Morgan fingerprint density at radius 3 is 2.97 bits per heavy atom. The molecule has 1 aromatic heterocycles. The molecule has 4 aliphatic rings. The monoisotopic (exact) mass is 411 g/mol. The molecule has 156 valence electrons. The van der Waals surface area contributed by atoms with E-state index in [0.29, 0.717) is 55.4 Å². The molecular formula is C23H23F2N3O2. The van der Waals surface area contributed by atoms with Crippen LogP contribution in [-0.4, -0.2) is 40.3 Å². The predicted octanol–water partition coefficient (Wildman–Crippen LogP) is 3.10. The summed E-state index contributed by atoms with van der Waals surface area (Å²) in [6.07, 6.45) is 3.56. The van der Waals surface area contributed by atoms with Crippen molar-refractivity contribution >= 4 is 16.6 Å². The molecule has 0 spiro atoms. The molecule has 0 bridgehead atoms. The van der Waals surface area contributed by atoms with Gasteiger partial charge in [-0.25, -0.2) is 13.8 Å². The van der Waals surface area contributed by atoms with Crippen molar-refractivity contribution in [3.8, 4) is 0 Å². The third kappa shape index (κ3) is 2.28. The number of nitrogens with zero attached hydrogens (tertiary/aromatic N) is 2. The van der Waals surface area contributed by atoms with Crippen molar-refractivity contribution in [3.63, 3.8) is 0 Å². The Bertz CT molecular complexity index is 1190. The second-order valence-corrected chi connectivity index (χ2v) is 8.82. The highest BCUT2D eigenvalue weighted by Gasteiger charge is 2.42. The topological polar surface area (TPSA) is 71.6 Å². The lowest BCUT2D eigenvalue weighted by Gasteiger charge is -2.39. The lowest BCUT2D eigenvalue weighted by Crippen LogP contribution is -2.43. The Hall–Kier alpha value is -2.35. The molecule has 1 aromatic carbocycles. The molecule has 0 amide bonds. The molecule has 0 saturated heterocycles. The minimum absolute atomic E-state index is 0.234. The van der Waals surface area contributed by atoms with Crippen LogP contribution >= 0.6 is 0 Å². The molecule has 7 heteroatoms. The van der Waals surface area contributed by atoms with Crippen LogP contribution in [0, 0.1) is 11.6 Å². The molecule has 1 aliphatic carbocycles. The van der Waals surface area contributed by atoms with E-state index in [1.165, 1.54) is 6.07 Å². The molecule has 0 saturated carbocycles. The molecule has 2 atom stereocenters. The van der Waals surface area contributed by atoms with Crippen LogP contribution in [0.25, 0.3) is 16.6 Å². The maximum atomic E-state index is 14.5. The quantitative estimate of drug-likeness (QED) is 0.755. The van der Waals surface area contributed by atoms with Crippen molar-refractivity contribution in [1.29, 1.82) is 0 Å². The van der Waals surface area contributed by atoms with Crippen LogP contribution in [0.2, 0.25) is 0 Å². The standard InChI is InChI=1S/C23H23F2N3O2/c1-2-23(29)10-30-9-11-7-28-8-13-19-16(26)4-3-12-20(19)17(6-15(24)21(12)25)27-22(13)18(28)5-14(11)23/h5-6,16,29H,2-4,7-10,26H2,1H3/t16-,23+/m0/s1. The van der Waals surface area contributed by atoms with E-state index in [0.717, 1.165) is 33.7 Å². The summed E-state index contributed by atoms with van der Waals surface area (Å²) in [4.78, 5) is 6.98. The highest BCUT2D eigenvalue weighted by molar-refractivity contribution is 5.92. The van der Waals surface area contributed by atoms with Crippen molar-refractivity contribution in [1.82, 2.24) is 9.88 Å². The molecule has 0 radical (unpaired) electrons. The Balaban J connectivity index is 1.61. The molecule has 4 heterocycles. The van der Waals surface area contributed by atoms with Gasteiger partial charge in [-0.1, -0.05) is 6.92 Å². The van der Waals surface area contributed by atoms with Gasteiger partial charge in [0.1, 0.15) is 5.60 Å². The van der Waals surface area contributed by atoms with Crippen molar-refractivity contribution in [2.45, 2.75) is 44.4 Å². The van der Waals surface area contributed by atoms with Crippen LogP contribution in [0.4, 0.5) is 8.78 Å². The average molecular weight is 411 g/mol. The minimum atomic E-state index is -1.01. The number of hydrogen-bond acceptors (Lipinski definition) is 5. The van der Waals surface area contributed by atoms with E-state index < -0.39 is 17.2 Å². The lowest BCUT2D eigenvalue weighted by molar-refractivity contribution is -0.0311. The van der Waals surface area contributed by atoms with Crippen LogP contribution in [0.5, 0.6) is 0 Å². The second kappa shape index (κ2) is 6.09. The van der Waals surface area contributed by atoms with Crippen LogP contribution in [0.1, 0.15) is 48.2 Å². The van der Waals surface area contributed by atoms with Gasteiger partial charge in [-0.2, -0.15) is 0 Å². The largest absolute Gasteiger partial charge is 0.383 e. The fourth-order valence-electron chi connectivity index (χ4n) is 5.56. The molecule has 0 fully saturated rings. The van der Waals surface area contributed by atoms with E-state index in [1.54, 1.807) is 0 Å². The van der Waals surface area contributed by atoms with Gasteiger partial charge in [0.25, 0.3) is 0 Å². The Labute approximate surface area is 172 Å². The normalized spacial score (nSPS) is 27.2. The van der Waals surface area contributed by atoms with E-state index in [2.05, 4.69) is 4.90 Å². The summed E-state index contributed by atoms with van der Waals surface area (Å²) in [6.45, 7) is 3.97. The van der Waals surface area contributed by atoms with Gasteiger partial charge in [-0.15, -0.1) is 0 Å². The number of aromatic nitrogens is 1. The number of hydrogen-bond donors (Lipinski definition) is 2. The van der Waals surface area contributed by atoms with Gasteiger partial charge in [-0.05, 0) is 42.0 Å². The van der Waals surface area contributed by atoms with Gasteiger partial charge in [-0.3, -0.25) is 0 Å². The van der Waals surface area contributed by atoms with Gasteiger partial charge in [0, 0.05) is 41.7 Å². The second-order valence-electron chi connectivity index (χ2n) is 8.82. The van der Waals surface area contributed by atoms with E-state index in [-0.39, 0.29) is 12.6 Å². The highest BCUT2D eigenvalue weighted by atomic mass is 19.2. The third-order valence-corrected chi connectivity index (χ3v) is 7.16. The first-order chi connectivity index (χ1) is 14.4. The molecule has 30 heavy (non-hydrogen) atoms. The van der Waals surface area contributed by atoms with E-state index in [1.807, 2.05) is 13.0 Å². The van der Waals surface area contributed by atoms with Crippen LogP contribution in [0.15, 0.2) is 23.3 Å². The number of halogens is 2. The zero-order chi connectivity index (χ0) is 20.8. The van der Waals surface area contributed by atoms with Crippen molar-refractivity contribution in [3.05, 3.63) is 57.3 Å². The smallest absolute Gasteiger partial charge is 0.162 e. The number of benzene rings is 1. The van der Waals surface area contributed by atoms with Crippen molar-refractivity contribution < 1.29 is 18.6 Å². The first kappa shape index (κ1) is 18.4. The van der Waals surface area contributed by atoms with E-state index in [9.17, 15) is 13.9 Å². The summed E-state index contributed by atoms with van der Waals surface area (Å²) in [5, 5.41) is 11.8. The number of fused-ring (bicyclic) bond motifs is 4. The summed E-state index contributed by atoms with van der Waals surface area (Å²) in [6, 6.07) is 0.950. The summed E-state index contributed by atoms with van der Waals surface area (Å²) >= 11 is 0. The SMILES string of the molecule is CC[C@@]1(O)COCC2=C1C=C1c3nc4cc(F)c(F)c5c4c(c3CN1C2)[C@@H](N)CC5. The predicted molar refractivity (Wildman–Crippen MR) is 108 cm³/mol. The molecule has 0 unspecified atom stereocenters. The van der Waals surface area contributed by atoms with Crippen LogP contribution < -0.4 is 5.73 Å². The number of aryl methyl sites for hydroxylation is 1. The van der Waals surface area contributed by atoms with Gasteiger partial charge >= 0.3 is 0 Å². The van der Waals surface area contributed by atoms with Crippen molar-refractivity contribution in [2.75, 3.05) is 19.8 Å². The first-order valence-electron chi connectivity index (χ1n) is 10.5. The summed E-state index contributed by atoms with van der Waals surface area (Å²) < 4.78 is 34.5. The number of aliphatic hydroxyl groups is 1. The van der Waals surface area contributed by atoms with E-state index in [4.69, 9.17) is 15.5 Å². The molecule has 2 aromatic rings. The van der Waals surface area contributed by atoms with Crippen molar-refractivity contribution in [2.24, 2.45) is 5.73 Å². The highest BCUT2D eigenvalue weighted by Crippen LogP contribution is 2.47. The van der Waals surface area contributed by atoms with Gasteiger partial charge < -0.3 is 20.5 Å². The fraction of sp³-hybridized carbons (Fsp3) is 0.435. The number of nitrogens with two attached hydrogens (primary N) is 1. The summed E-state index contributed by atoms with van der Waals surface area (Å²) in [7, 11) is 0. The zero-order valence-corrected chi connectivity index (χ0v) is 16.8. The number of pyridine rings is 1. The summed E-state index contributed by atoms with van der Waals surface area (Å²) in [5.41, 5.74) is 11.9. The first-order valence-corrected chi connectivity index (χ1v) is 10.5.